The summed E-state index contributed by atoms with van der Waals surface area (Å²) in [5.41, 5.74) is 4.08. The third-order valence-corrected chi connectivity index (χ3v) is 7.58. The van der Waals surface area contributed by atoms with Gasteiger partial charge in [0.25, 0.3) is 5.91 Å². The normalized spacial score (nSPS) is 18.6. The molecule has 0 spiro atoms. The van der Waals surface area contributed by atoms with Crippen molar-refractivity contribution in [1.82, 2.24) is 9.80 Å². The van der Waals surface area contributed by atoms with Gasteiger partial charge in [-0.3, -0.25) is 14.4 Å². The second-order valence-electron chi connectivity index (χ2n) is 10.5. The van der Waals surface area contributed by atoms with Gasteiger partial charge in [-0.15, -0.1) is 0 Å². The maximum Gasteiger partial charge on any atom is 0.258 e. The van der Waals surface area contributed by atoms with Crippen LogP contribution in [0.25, 0.3) is 11.1 Å². The molecule has 0 bridgehead atoms. The largest absolute Gasteiger partial charge is 0.488 e. The second-order valence-corrected chi connectivity index (χ2v) is 12.2. The summed E-state index contributed by atoms with van der Waals surface area (Å²) in [6.45, 7) is 5.39. The Kier molecular flexibility index (Phi) is 8.94. The number of sulfonamides is 1. The van der Waals surface area contributed by atoms with E-state index in [2.05, 4.69) is 46.0 Å². The molecule has 1 aliphatic rings. The van der Waals surface area contributed by atoms with E-state index in [0.717, 1.165) is 12.8 Å². The van der Waals surface area contributed by atoms with Crippen molar-refractivity contribution in [2.75, 3.05) is 37.7 Å². The van der Waals surface area contributed by atoms with Crippen LogP contribution in [0.1, 0.15) is 29.8 Å². The first-order chi connectivity index (χ1) is 18.5. The fourth-order valence-electron chi connectivity index (χ4n) is 4.83. The van der Waals surface area contributed by atoms with Crippen LogP contribution in [-0.2, 0) is 16.6 Å². The molecule has 3 aromatic rings. The standard InChI is InChI=1S/C30H37N3O5S/c1-21-17-33(22(2)20-34)30(35)27-16-26(31-39(4,36)37)14-15-28(27)38-29(21)19-32(3)18-23-10-12-25(13-11-23)24-8-6-5-7-9-24/h5-16,21-22,29,31,34H,17-20H2,1-4H3/t21-,22-,29+/m0/s1. The molecule has 0 unspecified atom stereocenters. The van der Waals surface area contributed by atoms with Gasteiger partial charge in [0.1, 0.15) is 11.9 Å². The van der Waals surface area contributed by atoms with Gasteiger partial charge in [0.2, 0.25) is 10.0 Å². The maximum absolute atomic E-state index is 13.5. The number of hydrogen-bond donors (Lipinski definition) is 2. The summed E-state index contributed by atoms with van der Waals surface area (Å²) in [6, 6.07) is 23.1. The van der Waals surface area contributed by atoms with E-state index in [9.17, 15) is 18.3 Å². The van der Waals surface area contributed by atoms with Crippen molar-refractivity contribution in [2.24, 2.45) is 5.92 Å². The minimum atomic E-state index is -3.52. The van der Waals surface area contributed by atoms with Crippen LogP contribution in [0, 0.1) is 5.92 Å². The number of rotatable bonds is 9. The van der Waals surface area contributed by atoms with E-state index in [1.807, 2.05) is 32.2 Å². The van der Waals surface area contributed by atoms with Crippen LogP contribution >= 0.6 is 0 Å². The molecule has 0 aromatic heterocycles. The number of ether oxygens (including phenoxy) is 1. The van der Waals surface area contributed by atoms with Gasteiger partial charge in [-0.1, -0.05) is 61.5 Å². The first kappa shape index (κ1) is 28.6. The summed E-state index contributed by atoms with van der Waals surface area (Å²) in [5.74, 6) is 0.0695. The van der Waals surface area contributed by atoms with Crippen molar-refractivity contribution in [3.63, 3.8) is 0 Å². The number of aliphatic hydroxyl groups excluding tert-OH is 1. The predicted molar refractivity (Wildman–Crippen MR) is 154 cm³/mol. The zero-order chi connectivity index (χ0) is 28.2. The number of hydrogen-bond acceptors (Lipinski definition) is 6. The molecule has 0 saturated carbocycles. The van der Waals surface area contributed by atoms with E-state index in [4.69, 9.17) is 4.74 Å². The third-order valence-electron chi connectivity index (χ3n) is 6.97. The van der Waals surface area contributed by atoms with Crippen molar-refractivity contribution >= 4 is 21.6 Å². The number of anilines is 1. The lowest BCUT2D eigenvalue weighted by molar-refractivity contribution is 0.0341. The molecular weight excluding hydrogens is 514 g/mol. The highest BCUT2D eigenvalue weighted by molar-refractivity contribution is 7.92. The van der Waals surface area contributed by atoms with Gasteiger partial charge in [0.05, 0.1) is 24.5 Å². The summed E-state index contributed by atoms with van der Waals surface area (Å²) in [7, 11) is -1.48. The van der Waals surface area contributed by atoms with E-state index in [-0.39, 0.29) is 35.8 Å². The quantitative estimate of drug-likeness (QED) is 0.416. The molecule has 208 valence electrons. The lowest BCUT2D eigenvalue weighted by Gasteiger charge is -2.38. The van der Waals surface area contributed by atoms with E-state index in [0.29, 0.717) is 18.8 Å². The summed E-state index contributed by atoms with van der Waals surface area (Å²) in [5, 5.41) is 9.85. The van der Waals surface area contributed by atoms with Gasteiger partial charge in [0, 0.05) is 31.2 Å². The van der Waals surface area contributed by atoms with Crippen LogP contribution in [0.15, 0.2) is 72.8 Å². The number of fused-ring (bicyclic) bond motifs is 1. The number of nitrogens with one attached hydrogen (secondary N) is 1. The third kappa shape index (κ3) is 7.38. The topological polar surface area (TPSA) is 99.2 Å². The summed E-state index contributed by atoms with van der Waals surface area (Å²) in [4.78, 5) is 17.3. The minimum Gasteiger partial charge on any atom is -0.488 e. The molecule has 1 aliphatic heterocycles. The van der Waals surface area contributed by atoms with Crippen LogP contribution in [0.4, 0.5) is 5.69 Å². The Hall–Kier alpha value is -3.40. The fraction of sp³-hybridized carbons (Fsp3) is 0.367. The highest BCUT2D eigenvalue weighted by Gasteiger charge is 2.33. The lowest BCUT2D eigenvalue weighted by Crippen LogP contribution is -2.49. The highest BCUT2D eigenvalue weighted by Crippen LogP contribution is 2.31. The van der Waals surface area contributed by atoms with Gasteiger partial charge in [0.15, 0.2) is 0 Å². The molecule has 2 N–H and O–H groups in total. The molecule has 9 heteroatoms. The molecule has 3 aromatic carbocycles. The van der Waals surface area contributed by atoms with Crippen molar-refractivity contribution in [2.45, 2.75) is 32.5 Å². The minimum absolute atomic E-state index is 0.0205. The van der Waals surface area contributed by atoms with Crippen LogP contribution in [-0.4, -0.2) is 74.4 Å². The molecule has 4 rings (SSSR count). The molecule has 0 saturated heterocycles. The van der Waals surface area contributed by atoms with Crippen LogP contribution in [0.2, 0.25) is 0 Å². The zero-order valence-electron chi connectivity index (χ0n) is 22.9. The molecule has 1 heterocycles. The number of amides is 1. The van der Waals surface area contributed by atoms with Crippen molar-refractivity contribution in [3.05, 3.63) is 83.9 Å². The summed E-state index contributed by atoms with van der Waals surface area (Å²) >= 11 is 0. The summed E-state index contributed by atoms with van der Waals surface area (Å²) < 4.78 is 32.4. The Morgan fingerprint density at radius 2 is 1.74 bits per heavy atom. The highest BCUT2D eigenvalue weighted by atomic mass is 32.2. The Balaban J connectivity index is 1.54. The Morgan fingerprint density at radius 1 is 1.08 bits per heavy atom. The Labute approximate surface area is 231 Å². The first-order valence-corrected chi connectivity index (χ1v) is 15.0. The van der Waals surface area contributed by atoms with Gasteiger partial charge < -0.3 is 14.7 Å². The summed E-state index contributed by atoms with van der Waals surface area (Å²) in [6.07, 6.45) is 0.817. The van der Waals surface area contributed by atoms with Crippen LogP contribution in [0.5, 0.6) is 5.75 Å². The predicted octanol–water partition coefficient (Wildman–Crippen LogP) is 4.08. The fourth-order valence-corrected chi connectivity index (χ4v) is 5.39. The van der Waals surface area contributed by atoms with E-state index < -0.39 is 16.1 Å². The maximum atomic E-state index is 13.5. The molecular formula is C30H37N3O5S. The second kappa shape index (κ2) is 12.2. The zero-order valence-corrected chi connectivity index (χ0v) is 23.7. The molecule has 0 fully saturated rings. The molecule has 1 amide bonds. The number of aliphatic hydroxyl groups is 1. The van der Waals surface area contributed by atoms with Crippen molar-refractivity contribution in [3.8, 4) is 16.9 Å². The van der Waals surface area contributed by atoms with Crippen LogP contribution < -0.4 is 9.46 Å². The van der Waals surface area contributed by atoms with E-state index in [1.165, 1.54) is 22.8 Å². The van der Waals surface area contributed by atoms with Gasteiger partial charge in [-0.05, 0) is 48.9 Å². The average Bonchev–Trinajstić information content (AvgIpc) is 2.90. The monoisotopic (exact) mass is 551 g/mol. The Morgan fingerprint density at radius 3 is 2.38 bits per heavy atom. The Bertz CT molecular complexity index is 1380. The van der Waals surface area contributed by atoms with E-state index >= 15 is 0 Å². The van der Waals surface area contributed by atoms with Gasteiger partial charge >= 0.3 is 0 Å². The number of likely N-dealkylation sites (N-methyl/N-ethyl adjacent to an activating group) is 1. The van der Waals surface area contributed by atoms with Gasteiger partial charge in [-0.25, -0.2) is 8.42 Å². The lowest BCUT2D eigenvalue weighted by atomic mass is 9.99. The van der Waals surface area contributed by atoms with Crippen LogP contribution in [0.3, 0.4) is 0 Å². The molecule has 3 atom stereocenters. The van der Waals surface area contributed by atoms with Crippen molar-refractivity contribution in [1.29, 1.82) is 0 Å². The molecule has 0 radical (unpaired) electrons. The molecule has 0 aliphatic carbocycles. The average molecular weight is 552 g/mol. The van der Waals surface area contributed by atoms with E-state index in [1.54, 1.807) is 24.0 Å². The number of nitrogens with zero attached hydrogens (tertiary/aromatic N) is 2. The van der Waals surface area contributed by atoms with Gasteiger partial charge in [-0.2, -0.15) is 0 Å². The smallest absolute Gasteiger partial charge is 0.258 e. The number of benzene rings is 3. The number of carbonyl (C=O) groups is 1. The van der Waals surface area contributed by atoms with Crippen molar-refractivity contribution < 1.29 is 23.1 Å². The number of carbonyl (C=O) groups excluding carboxylic acids is 1. The first-order valence-electron chi connectivity index (χ1n) is 13.1. The SMILES string of the molecule is C[C@H]1CN([C@@H](C)CO)C(=O)c2cc(NS(C)(=O)=O)ccc2O[C@@H]1CN(C)Cc1ccc(-c2ccccc2)cc1. The molecule has 8 nitrogen and oxygen atoms in total. The molecule has 39 heavy (non-hydrogen) atoms.